The molecule has 1 heterocycles. The second-order valence-electron chi connectivity index (χ2n) is 7.61. The number of hydrogen-bond acceptors (Lipinski definition) is 5. The highest BCUT2D eigenvalue weighted by Crippen LogP contribution is 2.29. The normalized spacial score (nSPS) is 12.7. The summed E-state index contributed by atoms with van der Waals surface area (Å²) in [5.74, 6) is 0.457. The maximum atomic E-state index is 13.2. The van der Waals surface area contributed by atoms with Crippen molar-refractivity contribution in [2.45, 2.75) is 40.2 Å². The second-order valence-corrected chi connectivity index (χ2v) is 7.61. The summed E-state index contributed by atoms with van der Waals surface area (Å²) in [5, 5.41) is 0. The van der Waals surface area contributed by atoms with Gasteiger partial charge in [-0.25, -0.2) is 0 Å². The number of methoxy groups -OCH3 is 1. The van der Waals surface area contributed by atoms with Gasteiger partial charge in [-0.3, -0.25) is 19.3 Å². The summed E-state index contributed by atoms with van der Waals surface area (Å²) in [6.07, 6.45) is 1.64. The third-order valence-corrected chi connectivity index (χ3v) is 5.52. The van der Waals surface area contributed by atoms with E-state index in [4.69, 9.17) is 9.47 Å². The van der Waals surface area contributed by atoms with Crippen LogP contribution in [0.3, 0.4) is 0 Å². The number of amides is 3. The lowest BCUT2D eigenvalue weighted by molar-refractivity contribution is 0.0652. The van der Waals surface area contributed by atoms with E-state index in [0.29, 0.717) is 54.4 Å². The van der Waals surface area contributed by atoms with Crippen molar-refractivity contribution < 1.29 is 23.9 Å². The third kappa shape index (κ3) is 4.61. The molecule has 0 unspecified atom stereocenters. The lowest BCUT2D eigenvalue weighted by Crippen LogP contribution is -2.31. The van der Waals surface area contributed by atoms with E-state index in [-0.39, 0.29) is 17.7 Å². The molecule has 1 aliphatic heterocycles. The maximum absolute atomic E-state index is 13.2. The van der Waals surface area contributed by atoms with Gasteiger partial charge >= 0.3 is 0 Å². The molecule has 0 N–H and O–H groups in total. The zero-order chi connectivity index (χ0) is 23.3. The largest absolute Gasteiger partial charge is 0.493 e. The van der Waals surface area contributed by atoms with Crippen LogP contribution < -0.4 is 9.47 Å². The van der Waals surface area contributed by atoms with Crippen molar-refractivity contribution in [2.75, 3.05) is 26.8 Å². The number of fused-ring (bicyclic) bond motifs is 1. The van der Waals surface area contributed by atoms with Gasteiger partial charge in [-0.15, -0.1) is 0 Å². The molecular weight excluding hydrogens is 408 g/mol. The molecule has 3 rings (SSSR count). The molecule has 2 aromatic carbocycles. The predicted molar refractivity (Wildman–Crippen MR) is 121 cm³/mol. The molecule has 32 heavy (non-hydrogen) atoms. The molecule has 7 heteroatoms. The van der Waals surface area contributed by atoms with Gasteiger partial charge in [-0.2, -0.15) is 0 Å². The van der Waals surface area contributed by atoms with Crippen LogP contribution in [-0.4, -0.2) is 54.3 Å². The van der Waals surface area contributed by atoms with Crippen LogP contribution in [0.15, 0.2) is 36.4 Å². The number of carbonyl (C=O) groups excluding carboxylic acids is 3. The van der Waals surface area contributed by atoms with Crippen molar-refractivity contribution in [1.82, 2.24) is 9.80 Å². The Morgan fingerprint density at radius 2 is 1.72 bits per heavy atom. The van der Waals surface area contributed by atoms with Crippen molar-refractivity contribution >= 4 is 17.7 Å². The quantitative estimate of drug-likeness (QED) is 0.521. The molecule has 0 atom stereocenters. The number of carbonyl (C=O) groups is 3. The fourth-order valence-electron chi connectivity index (χ4n) is 3.76. The van der Waals surface area contributed by atoms with Crippen LogP contribution in [0, 0.1) is 0 Å². The van der Waals surface area contributed by atoms with Crippen LogP contribution >= 0.6 is 0 Å². The smallest absolute Gasteiger partial charge is 0.261 e. The van der Waals surface area contributed by atoms with Gasteiger partial charge in [0, 0.05) is 25.2 Å². The van der Waals surface area contributed by atoms with E-state index in [0.717, 1.165) is 18.4 Å². The Morgan fingerprint density at radius 3 is 2.38 bits per heavy atom. The Hall–Kier alpha value is -3.35. The molecule has 0 aromatic heterocycles. The van der Waals surface area contributed by atoms with E-state index in [1.165, 1.54) is 4.90 Å². The number of rotatable bonds is 10. The van der Waals surface area contributed by atoms with Crippen LogP contribution in [0.25, 0.3) is 0 Å². The van der Waals surface area contributed by atoms with Crippen molar-refractivity contribution in [2.24, 2.45) is 0 Å². The average Bonchev–Trinajstić information content (AvgIpc) is 3.05. The molecule has 0 fully saturated rings. The standard InChI is InChI=1S/C25H30N2O5/c1-5-8-13-27-24(29)19-11-10-18(15-20(19)25(27)30)23(28)26(6-2)16-17-9-12-21(32-7-3)22(14-17)31-4/h9-12,14-15H,5-8,13,16H2,1-4H3. The monoisotopic (exact) mass is 438 g/mol. The van der Waals surface area contributed by atoms with E-state index in [1.807, 2.05) is 39.0 Å². The van der Waals surface area contributed by atoms with Gasteiger partial charge < -0.3 is 14.4 Å². The summed E-state index contributed by atoms with van der Waals surface area (Å²) < 4.78 is 11.0. The number of ether oxygens (including phenoxy) is 2. The average molecular weight is 439 g/mol. The predicted octanol–water partition coefficient (Wildman–Crippen LogP) is 4.15. The van der Waals surface area contributed by atoms with Gasteiger partial charge in [0.15, 0.2) is 11.5 Å². The summed E-state index contributed by atoms with van der Waals surface area (Å²) in [7, 11) is 1.58. The molecule has 0 bridgehead atoms. The van der Waals surface area contributed by atoms with E-state index in [2.05, 4.69) is 0 Å². The molecule has 7 nitrogen and oxygen atoms in total. The zero-order valence-electron chi connectivity index (χ0n) is 19.1. The highest BCUT2D eigenvalue weighted by atomic mass is 16.5. The summed E-state index contributed by atoms with van der Waals surface area (Å²) in [5.41, 5.74) is 1.96. The molecule has 0 saturated heterocycles. The van der Waals surface area contributed by atoms with Gasteiger partial charge in [0.25, 0.3) is 17.7 Å². The van der Waals surface area contributed by atoms with Crippen molar-refractivity contribution in [3.63, 3.8) is 0 Å². The van der Waals surface area contributed by atoms with Crippen molar-refractivity contribution in [3.05, 3.63) is 58.7 Å². The first kappa shape index (κ1) is 23.3. The number of benzene rings is 2. The highest BCUT2D eigenvalue weighted by Gasteiger charge is 2.35. The Kier molecular flexibility index (Phi) is 7.51. The number of nitrogens with zero attached hydrogens (tertiary/aromatic N) is 2. The topological polar surface area (TPSA) is 76.2 Å². The lowest BCUT2D eigenvalue weighted by atomic mass is 10.0. The molecule has 1 aliphatic rings. The molecule has 0 aliphatic carbocycles. The van der Waals surface area contributed by atoms with Crippen LogP contribution in [-0.2, 0) is 6.54 Å². The SMILES string of the molecule is CCCCN1C(=O)c2ccc(C(=O)N(CC)Cc3ccc(OCC)c(OC)c3)cc2C1=O. The first-order valence-corrected chi connectivity index (χ1v) is 11.0. The van der Waals surface area contributed by atoms with E-state index in [9.17, 15) is 14.4 Å². The minimum atomic E-state index is -0.326. The summed E-state index contributed by atoms with van der Waals surface area (Å²) in [4.78, 5) is 41.4. The first-order valence-electron chi connectivity index (χ1n) is 11.0. The van der Waals surface area contributed by atoms with Gasteiger partial charge in [0.05, 0.1) is 24.8 Å². The Bertz CT molecular complexity index is 1020. The van der Waals surface area contributed by atoms with Gasteiger partial charge in [-0.1, -0.05) is 19.4 Å². The molecular formula is C25H30N2O5. The molecule has 170 valence electrons. The fraction of sp³-hybridized carbons (Fsp3) is 0.400. The minimum Gasteiger partial charge on any atom is -0.493 e. The van der Waals surface area contributed by atoms with Gasteiger partial charge in [0.1, 0.15) is 0 Å². The Balaban J connectivity index is 1.81. The third-order valence-electron chi connectivity index (χ3n) is 5.52. The van der Waals surface area contributed by atoms with Crippen molar-refractivity contribution in [1.29, 1.82) is 0 Å². The summed E-state index contributed by atoms with van der Waals surface area (Å²) in [6.45, 7) is 7.61. The molecule has 0 radical (unpaired) electrons. The van der Waals surface area contributed by atoms with E-state index >= 15 is 0 Å². The number of unbranched alkanes of at least 4 members (excludes halogenated alkanes) is 1. The van der Waals surface area contributed by atoms with Gasteiger partial charge in [-0.05, 0) is 56.2 Å². The summed E-state index contributed by atoms with van der Waals surface area (Å²) >= 11 is 0. The fourth-order valence-corrected chi connectivity index (χ4v) is 3.76. The molecule has 0 saturated carbocycles. The lowest BCUT2D eigenvalue weighted by Gasteiger charge is -2.22. The zero-order valence-corrected chi connectivity index (χ0v) is 19.1. The Labute approximate surface area is 188 Å². The van der Waals surface area contributed by atoms with Crippen LogP contribution in [0.2, 0.25) is 0 Å². The van der Waals surface area contributed by atoms with Crippen molar-refractivity contribution in [3.8, 4) is 11.5 Å². The highest BCUT2D eigenvalue weighted by molar-refractivity contribution is 6.22. The number of imide groups is 1. The van der Waals surface area contributed by atoms with E-state index < -0.39 is 0 Å². The second kappa shape index (κ2) is 10.3. The van der Waals surface area contributed by atoms with Crippen LogP contribution in [0.1, 0.15) is 70.3 Å². The first-order chi connectivity index (χ1) is 15.4. The minimum absolute atomic E-state index is 0.199. The van der Waals surface area contributed by atoms with Crippen LogP contribution in [0.4, 0.5) is 0 Å². The maximum Gasteiger partial charge on any atom is 0.261 e. The molecule has 3 amide bonds. The molecule has 2 aromatic rings. The van der Waals surface area contributed by atoms with Gasteiger partial charge in [0.2, 0.25) is 0 Å². The summed E-state index contributed by atoms with van der Waals surface area (Å²) in [6, 6.07) is 10.3. The molecule has 0 spiro atoms. The van der Waals surface area contributed by atoms with Crippen LogP contribution in [0.5, 0.6) is 11.5 Å². The number of hydrogen-bond donors (Lipinski definition) is 0. The Morgan fingerprint density at radius 1 is 0.969 bits per heavy atom. The van der Waals surface area contributed by atoms with E-state index in [1.54, 1.807) is 30.2 Å².